The zero-order chi connectivity index (χ0) is 22.1. The van der Waals surface area contributed by atoms with Crippen LogP contribution < -0.4 is 14.2 Å². The van der Waals surface area contributed by atoms with Gasteiger partial charge in [0.15, 0.2) is 11.5 Å². The third kappa shape index (κ3) is 3.72. The molecular weight excluding hydrogens is 400 g/mol. The molecule has 2 aliphatic heterocycles. The van der Waals surface area contributed by atoms with Crippen molar-refractivity contribution >= 4 is 17.6 Å². The van der Waals surface area contributed by atoms with Crippen molar-refractivity contribution < 1.29 is 28.6 Å². The van der Waals surface area contributed by atoms with Crippen LogP contribution in [-0.2, 0) is 9.59 Å². The Bertz CT molecular complexity index is 854. The highest BCUT2D eigenvalue weighted by atomic mass is 16.5. The second kappa shape index (κ2) is 8.77. The van der Waals surface area contributed by atoms with Gasteiger partial charge >= 0.3 is 0 Å². The number of ketones is 1. The predicted octanol–water partition coefficient (Wildman–Crippen LogP) is 2.43. The molecule has 168 valence electrons. The summed E-state index contributed by atoms with van der Waals surface area (Å²) in [6, 6.07) is 2.57. The van der Waals surface area contributed by atoms with Gasteiger partial charge in [-0.2, -0.15) is 0 Å². The fraction of sp³-hybridized carbons (Fsp3) is 0.609. The molecule has 2 saturated heterocycles. The standard InChI is InChI=1S/C23H30N2O6/c1-29-18-11-14(12-19(30-2)21(18)31-3)20(26)23(28)25-16-9-6-10-17(25)22(27)24(13-16)15-7-4-5-8-15/h11-12,15-17H,4-10,13H2,1-3H3. The van der Waals surface area contributed by atoms with E-state index in [0.717, 1.165) is 38.5 Å². The van der Waals surface area contributed by atoms with Crippen LogP contribution in [0.3, 0.4) is 0 Å². The number of hydrogen-bond donors (Lipinski definition) is 0. The van der Waals surface area contributed by atoms with Crippen molar-refractivity contribution in [2.45, 2.75) is 63.1 Å². The molecule has 31 heavy (non-hydrogen) atoms. The Morgan fingerprint density at radius 1 is 0.871 bits per heavy atom. The normalized spacial score (nSPS) is 23.6. The van der Waals surface area contributed by atoms with Crippen LogP contribution in [0.15, 0.2) is 12.1 Å². The maximum Gasteiger partial charge on any atom is 0.295 e. The summed E-state index contributed by atoms with van der Waals surface area (Å²) < 4.78 is 15.9. The number of piperidine rings is 1. The highest BCUT2D eigenvalue weighted by Crippen LogP contribution is 2.39. The number of methoxy groups -OCH3 is 3. The van der Waals surface area contributed by atoms with Crippen molar-refractivity contribution in [3.05, 3.63) is 17.7 Å². The van der Waals surface area contributed by atoms with Crippen molar-refractivity contribution in [2.24, 2.45) is 0 Å². The van der Waals surface area contributed by atoms with E-state index in [1.807, 2.05) is 4.90 Å². The fourth-order valence-electron chi connectivity index (χ4n) is 5.31. The average molecular weight is 431 g/mol. The molecule has 4 rings (SSSR count). The van der Waals surface area contributed by atoms with E-state index in [9.17, 15) is 14.4 Å². The van der Waals surface area contributed by atoms with Gasteiger partial charge in [0.05, 0.1) is 27.4 Å². The smallest absolute Gasteiger partial charge is 0.295 e. The van der Waals surface area contributed by atoms with Gasteiger partial charge in [0.1, 0.15) is 6.04 Å². The Kier molecular flexibility index (Phi) is 6.07. The van der Waals surface area contributed by atoms with Gasteiger partial charge in [-0.3, -0.25) is 14.4 Å². The molecule has 2 heterocycles. The van der Waals surface area contributed by atoms with Gasteiger partial charge in [0.25, 0.3) is 11.7 Å². The number of fused-ring (bicyclic) bond motifs is 2. The average Bonchev–Trinajstić information content (AvgIpc) is 3.33. The number of likely N-dealkylation sites (tertiary alicyclic amines) is 1. The van der Waals surface area contributed by atoms with Gasteiger partial charge in [0, 0.05) is 18.2 Å². The Balaban J connectivity index is 1.60. The third-order valence-corrected chi connectivity index (χ3v) is 6.84. The summed E-state index contributed by atoms with van der Waals surface area (Å²) in [6.07, 6.45) is 6.65. The molecule has 2 unspecified atom stereocenters. The molecule has 0 aromatic heterocycles. The topological polar surface area (TPSA) is 85.4 Å². The molecule has 2 atom stereocenters. The molecule has 2 amide bonds. The zero-order valence-corrected chi connectivity index (χ0v) is 18.4. The minimum Gasteiger partial charge on any atom is -0.493 e. The predicted molar refractivity (Wildman–Crippen MR) is 113 cm³/mol. The van der Waals surface area contributed by atoms with E-state index in [-0.39, 0.29) is 23.6 Å². The molecule has 2 bridgehead atoms. The summed E-state index contributed by atoms with van der Waals surface area (Å²) in [4.78, 5) is 43.3. The number of rotatable bonds is 6. The second-order valence-corrected chi connectivity index (χ2v) is 8.48. The van der Waals surface area contributed by atoms with Crippen molar-refractivity contribution in [1.82, 2.24) is 9.80 Å². The Hall–Kier alpha value is -2.77. The van der Waals surface area contributed by atoms with Crippen LogP contribution in [0, 0.1) is 0 Å². The van der Waals surface area contributed by atoms with Crippen molar-refractivity contribution in [3.8, 4) is 17.2 Å². The number of Topliss-reactive ketones (excluding diaryl/α,β-unsaturated/α-hetero) is 1. The maximum absolute atomic E-state index is 13.3. The largest absolute Gasteiger partial charge is 0.493 e. The lowest BCUT2D eigenvalue weighted by Gasteiger charge is -2.50. The number of carbonyl (C=O) groups excluding carboxylic acids is 3. The lowest BCUT2D eigenvalue weighted by molar-refractivity contribution is -0.159. The molecule has 0 radical (unpaired) electrons. The highest BCUT2D eigenvalue weighted by molar-refractivity contribution is 6.43. The van der Waals surface area contributed by atoms with E-state index in [1.54, 1.807) is 4.90 Å². The third-order valence-electron chi connectivity index (χ3n) is 6.84. The number of benzene rings is 1. The summed E-state index contributed by atoms with van der Waals surface area (Å²) in [5.74, 6) is -0.345. The summed E-state index contributed by atoms with van der Waals surface area (Å²) in [6.45, 7) is 0.522. The first kappa shape index (κ1) is 21.5. The number of nitrogens with zero attached hydrogens (tertiary/aromatic N) is 2. The summed E-state index contributed by atoms with van der Waals surface area (Å²) in [5, 5.41) is 0. The van der Waals surface area contributed by atoms with E-state index >= 15 is 0 Å². The Morgan fingerprint density at radius 2 is 1.48 bits per heavy atom. The van der Waals surface area contributed by atoms with E-state index in [0.29, 0.717) is 30.2 Å². The Morgan fingerprint density at radius 3 is 2.06 bits per heavy atom. The second-order valence-electron chi connectivity index (χ2n) is 8.48. The summed E-state index contributed by atoms with van der Waals surface area (Å²) >= 11 is 0. The molecule has 3 aliphatic rings. The molecule has 1 aromatic carbocycles. The van der Waals surface area contributed by atoms with Crippen molar-refractivity contribution in [2.75, 3.05) is 27.9 Å². The van der Waals surface area contributed by atoms with Crippen molar-refractivity contribution in [3.63, 3.8) is 0 Å². The van der Waals surface area contributed by atoms with Gasteiger partial charge in [-0.1, -0.05) is 12.8 Å². The van der Waals surface area contributed by atoms with Crippen LogP contribution in [0.5, 0.6) is 17.2 Å². The molecule has 8 heteroatoms. The van der Waals surface area contributed by atoms with E-state index in [2.05, 4.69) is 0 Å². The lowest BCUT2D eigenvalue weighted by atomic mass is 9.88. The first-order chi connectivity index (χ1) is 15.0. The minimum absolute atomic E-state index is 0.00566. The molecule has 8 nitrogen and oxygen atoms in total. The quantitative estimate of drug-likeness (QED) is 0.509. The van der Waals surface area contributed by atoms with Crippen LogP contribution in [-0.4, -0.2) is 73.4 Å². The van der Waals surface area contributed by atoms with Gasteiger partial charge < -0.3 is 24.0 Å². The lowest BCUT2D eigenvalue weighted by Crippen LogP contribution is -2.67. The van der Waals surface area contributed by atoms with Crippen LogP contribution in [0.25, 0.3) is 0 Å². The molecule has 1 saturated carbocycles. The van der Waals surface area contributed by atoms with Gasteiger partial charge in [-0.15, -0.1) is 0 Å². The molecule has 1 aromatic rings. The van der Waals surface area contributed by atoms with Crippen LogP contribution >= 0.6 is 0 Å². The zero-order valence-electron chi connectivity index (χ0n) is 18.4. The van der Waals surface area contributed by atoms with E-state index < -0.39 is 17.7 Å². The number of piperazine rings is 1. The first-order valence-corrected chi connectivity index (χ1v) is 11.0. The number of hydrogen-bond acceptors (Lipinski definition) is 6. The Labute approximate surface area is 182 Å². The van der Waals surface area contributed by atoms with Crippen molar-refractivity contribution in [1.29, 1.82) is 0 Å². The van der Waals surface area contributed by atoms with Gasteiger partial charge in [0.2, 0.25) is 11.7 Å². The van der Waals surface area contributed by atoms with E-state index in [4.69, 9.17) is 14.2 Å². The SMILES string of the molecule is COc1cc(C(=O)C(=O)N2C3CCCC2C(=O)N(C2CCCC2)C3)cc(OC)c1OC. The molecule has 3 fully saturated rings. The minimum atomic E-state index is -0.668. The molecular formula is C23H30N2O6. The molecule has 0 N–H and O–H groups in total. The number of carbonyl (C=O) groups is 3. The van der Waals surface area contributed by atoms with Crippen LogP contribution in [0.4, 0.5) is 0 Å². The number of amides is 2. The molecule has 0 spiro atoms. The molecule has 1 aliphatic carbocycles. The maximum atomic E-state index is 13.3. The van der Waals surface area contributed by atoms with E-state index in [1.165, 1.54) is 33.5 Å². The summed E-state index contributed by atoms with van der Waals surface area (Å²) in [7, 11) is 4.39. The highest BCUT2D eigenvalue weighted by Gasteiger charge is 2.48. The van der Waals surface area contributed by atoms with Crippen LogP contribution in [0.1, 0.15) is 55.3 Å². The fourth-order valence-corrected chi connectivity index (χ4v) is 5.31. The van der Waals surface area contributed by atoms with Crippen LogP contribution in [0.2, 0.25) is 0 Å². The van der Waals surface area contributed by atoms with Gasteiger partial charge in [-0.25, -0.2) is 0 Å². The monoisotopic (exact) mass is 430 g/mol. The summed E-state index contributed by atoms with van der Waals surface area (Å²) in [5.41, 5.74) is 0.156. The van der Waals surface area contributed by atoms with Gasteiger partial charge in [-0.05, 0) is 44.2 Å². The number of ether oxygens (including phenoxy) is 3. The first-order valence-electron chi connectivity index (χ1n) is 11.0.